The third-order valence-corrected chi connectivity index (χ3v) is 5.76. The fraction of sp³-hybridized carbons (Fsp3) is 0.130. The number of aromatic nitrogens is 1. The average Bonchev–Trinajstić information content (AvgIpc) is 3.11. The summed E-state index contributed by atoms with van der Waals surface area (Å²) >= 11 is 7.90. The van der Waals surface area contributed by atoms with Crippen molar-refractivity contribution < 1.29 is 9.53 Å². The van der Waals surface area contributed by atoms with Gasteiger partial charge in [-0.1, -0.05) is 35.9 Å². The van der Waals surface area contributed by atoms with Gasteiger partial charge in [0.2, 0.25) is 0 Å². The molecule has 0 aliphatic heterocycles. The topological polar surface area (TPSA) is 51.2 Å². The molecule has 6 heteroatoms. The van der Waals surface area contributed by atoms with Crippen molar-refractivity contribution in [1.82, 2.24) is 4.98 Å². The molecule has 1 amide bonds. The maximum atomic E-state index is 12.4. The third kappa shape index (κ3) is 4.58. The number of aryl methyl sites for hydroxylation is 2. The van der Waals surface area contributed by atoms with Crippen molar-refractivity contribution in [3.8, 4) is 16.3 Å². The van der Waals surface area contributed by atoms with Gasteiger partial charge in [-0.25, -0.2) is 4.98 Å². The van der Waals surface area contributed by atoms with E-state index < -0.39 is 0 Å². The number of ether oxygens (including phenoxy) is 1. The minimum Gasteiger partial charge on any atom is -0.484 e. The Hall–Kier alpha value is -2.89. The van der Waals surface area contributed by atoms with Gasteiger partial charge in [0.05, 0.1) is 20.9 Å². The summed E-state index contributed by atoms with van der Waals surface area (Å²) < 4.78 is 6.75. The van der Waals surface area contributed by atoms with Crippen molar-refractivity contribution in [2.75, 3.05) is 11.9 Å². The summed E-state index contributed by atoms with van der Waals surface area (Å²) in [5.41, 5.74) is 4.58. The molecule has 146 valence electrons. The molecule has 29 heavy (non-hydrogen) atoms. The molecule has 0 saturated carbocycles. The number of thiazole rings is 1. The Morgan fingerprint density at radius 3 is 2.59 bits per heavy atom. The number of nitrogens with one attached hydrogen (secondary N) is 1. The molecule has 4 rings (SSSR count). The molecule has 1 N–H and O–H groups in total. The number of carbonyl (C=O) groups excluding carboxylic acids is 1. The Labute approximate surface area is 178 Å². The SMILES string of the molecule is Cc1cc(C)cc(OCC(=O)Nc2cc(-c3nc4ccccc4s3)ccc2Cl)c1. The molecule has 1 aromatic heterocycles. The van der Waals surface area contributed by atoms with Crippen molar-refractivity contribution in [1.29, 1.82) is 0 Å². The van der Waals surface area contributed by atoms with Gasteiger partial charge in [0.15, 0.2) is 6.61 Å². The summed E-state index contributed by atoms with van der Waals surface area (Å²) in [5, 5.41) is 4.18. The number of rotatable bonds is 5. The van der Waals surface area contributed by atoms with Crippen LogP contribution in [0.1, 0.15) is 11.1 Å². The van der Waals surface area contributed by atoms with Crippen LogP contribution in [0.2, 0.25) is 5.02 Å². The van der Waals surface area contributed by atoms with E-state index in [4.69, 9.17) is 16.3 Å². The van der Waals surface area contributed by atoms with Gasteiger partial charge >= 0.3 is 0 Å². The monoisotopic (exact) mass is 422 g/mol. The second-order valence-corrected chi connectivity index (χ2v) is 8.28. The minimum absolute atomic E-state index is 0.0927. The molecule has 0 fully saturated rings. The van der Waals surface area contributed by atoms with Gasteiger partial charge in [0.25, 0.3) is 5.91 Å². The average molecular weight is 423 g/mol. The molecule has 4 nitrogen and oxygen atoms in total. The van der Waals surface area contributed by atoms with E-state index in [0.29, 0.717) is 16.5 Å². The van der Waals surface area contributed by atoms with Gasteiger partial charge in [-0.15, -0.1) is 11.3 Å². The zero-order valence-corrected chi connectivity index (χ0v) is 17.6. The molecule has 0 aliphatic carbocycles. The number of amides is 1. The van der Waals surface area contributed by atoms with Crippen LogP contribution in [0.4, 0.5) is 5.69 Å². The number of hydrogen-bond donors (Lipinski definition) is 1. The van der Waals surface area contributed by atoms with Gasteiger partial charge in [0, 0.05) is 5.56 Å². The summed E-state index contributed by atoms with van der Waals surface area (Å²) in [7, 11) is 0. The van der Waals surface area contributed by atoms with Crippen molar-refractivity contribution in [2.45, 2.75) is 13.8 Å². The first-order valence-corrected chi connectivity index (χ1v) is 10.3. The molecule has 0 bridgehead atoms. The Kier molecular flexibility index (Phi) is 5.51. The molecule has 0 aliphatic rings. The Morgan fingerprint density at radius 2 is 1.83 bits per heavy atom. The number of halogens is 1. The van der Waals surface area contributed by atoms with Crippen molar-refractivity contribution in [2.24, 2.45) is 0 Å². The van der Waals surface area contributed by atoms with Crippen molar-refractivity contribution >= 4 is 44.7 Å². The third-order valence-electron chi connectivity index (χ3n) is 4.35. The molecule has 3 aromatic carbocycles. The number of benzene rings is 3. The van der Waals surface area contributed by atoms with E-state index in [0.717, 1.165) is 31.9 Å². The fourth-order valence-corrected chi connectivity index (χ4v) is 4.23. The number of para-hydroxylation sites is 1. The first-order chi connectivity index (χ1) is 14.0. The number of nitrogens with zero attached hydrogens (tertiary/aromatic N) is 1. The first kappa shape index (κ1) is 19.4. The normalized spacial score (nSPS) is 10.9. The van der Waals surface area contributed by atoms with Crippen LogP contribution in [0.25, 0.3) is 20.8 Å². The van der Waals surface area contributed by atoms with E-state index in [9.17, 15) is 4.79 Å². The largest absolute Gasteiger partial charge is 0.484 e. The quantitative estimate of drug-likeness (QED) is 0.413. The van der Waals surface area contributed by atoms with Crippen LogP contribution in [0.15, 0.2) is 60.7 Å². The highest BCUT2D eigenvalue weighted by Gasteiger charge is 2.11. The van der Waals surface area contributed by atoms with Crippen LogP contribution in [0, 0.1) is 13.8 Å². The molecular formula is C23H19ClN2O2S. The Morgan fingerprint density at radius 1 is 1.07 bits per heavy atom. The van der Waals surface area contributed by atoms with Crippen LogP contribution in [0.5, 0.6) is 5.75 Å². The molecule has 0 radical (unpaired) electrons. The lowest BCUT2D eigenvalue weighted by atomic mass is 10.1. The van der Waals surface area contributed by atoms with Crippen molar-refractivity contribution in [3.63, 3.8) is 0 Å². The van der Waals surface area contributed by atoms with E-state index in [2.05, 4.69) is 16.4 Å². The molecule has 0 atom stereocenters. The smallest absolute Gasteiger partial charge is 0.262 e. The van der Waals surface area contributed by atoms with Crippen molar-refractivity contribution in [3.05, 3.63) is 76.8 Å². The van der Waals surface area contributed by atoms with Crippen LogP contribution in [-0.4, -0.2) is 17.5 Å². The predicted octanol–water partition coefficient (Wildman–Crippen LogP) is 6.25. The second-order valence-electron chi connectivity index (χ2n) is 6.84. The summed E-state index contributed by atoms with van der Waals surface area (Å²) in [6, 6.07) is 19.4. The molecular weight excluding hydrogens is 404 g/mol. The lowest BCUT2D eigenvalue weighted by Crippen LogP contribution is -2.20. The Bertz CT molecular complexity index is 1150. The van der Waals surface area contributed by atoms with Crippen LogP contribution in [-0.2, 0) is 4.79 Å². The molecule has 4 aromatic rings. The van der Waals surface area contributed by atoms with Gasteiger partial charge < -0.3 is 10.1 Å². The summed E-state index contributed by atoms with van der Waals surface area (Å²) in [5.74, 6) is 0.402. The van der Waals surface area contributed by atoms with Gasteiger partial charge in [0.1, 0.15) is 10.8 Å². The van der Waals surface area contributed by atoms with E-state index >= 15 is 0 Å². The van der Waals surface area contributed by atoms with Crippen LogP contribution >= 0.6 is 22.9 Å². The Balaban J connectivity index is 1.49. The fourth-order valence-electron chi connectivity index (χ4n) is 3.10. The second kappa shape index (κ2) is 8.23. The molecule has 0 spiro atoms. The van der Waals surface area contributed by atoms with Gasteiger partial charge in [-0.05, 0) is 61.4 Å². The highest BCUT2D eigenvalue weighted by atomic mass is 35.5. The number of hydrogen-bond acceptors (Lipinski definition) is 4. The van der Waals surface area contributed by atoms with E-state index in [1.165, 1.54) is 0 Å². The molecule has 0 saturated heterocycles. The highest BCUT2D eigenvalue weighted by Crippen LogP contribution is 2.33. The first-order valence-electron chi connectivity index (χ1n) is 9.14. The van der Waals surface area contributed by atoms with Gasteiger partial charge in [-0.2, -0.15) is 0 Å². The predicted molar refractivity (Wildman–Crippen MR) is 120 cm³/mol. The van der Waals surface area contributed by atoms with E-state index in [1.807, 2.05) is 62.4 Å². The minimum atomic E-state index is -0.271. The summed E-state index contributed by atoms with van der Waals surface area (Å²) in [4.78, 5) is 17.1. The number of anilines is 1. The summed E-state index contributed by atoms with van der Waals surface area (Å²) in [6.45, 7) is 3.89. The number of fused-ring (bicyclic) bond motifs is 1. The maximum absolute atomic E-state index is 12.4. The molecule has 0 unspecified atom stereocenters. The van der Waals surface area contributed by atoms with Crippen LogP contribution < -0.4 is 10.1 Å². The lowest BCUT2D eigenvalue weighted by Gasteiger charge is -2.11. The summed E-state index contributed by atoms with van der Waals surface area (Å²) in [6.07, 6.45) is 0. The number of carbonyl (C=O) groups is 1. The van der Waals surface area contributed by atoms with E-state index in [-0.39, 0.29) is 12.5 Å². The maximum Gasteiger partial charge on any atom is 0.262 e. The zero-order chi connectivity index (χ0) is 20.4. The zero-order valence-electron chi connectivity index (χ0n) is 16.0. The molecule has 1 heterocycles. The van der Waals surface area contributed by atoms with E-state index in [1.54, 1.807) is 17.4 Å². The van der Waals surface area contributed by atoms with Gasteiger partial charge in [-0.3, -0.25) is 4.79 Å². The standard InChI is InChI=1S/C23H19ClN2O2S/c1-14-9-15(2)11-17(10-14)28-13-22(27)25-20-12-16(7-8-18(20)24)23-26-19-5-3-4-6-21(19)29-23/h3-12H,13H2,1-2H3,(H,25,27). The van der Waals surface area contributed by atoms with Crippen LogP contribution in [0.3, 0.4) is 0 Å². The lowest BCUT2D eigenvalue weighted by molar-refractivity contribution is -0.118. The highest BCUT2D eigenvalue weighted by molar-refractivity contribution is 7.21.